The van der Waals surface area contributed by atoms with Gasteiger partial charge in [-0.25, -0.2) is 9.18 Å². The van der Waals surface area contributed by atoms with Crippen LogP contribution in [0.15, 0.2) is 52.9 Å². The van der Waals surface area contributed by atoms with Crippen molar-refractivity contribution in [2.45, 2.75) is 13.5 Å². The lowest BCUT2D eigenvalue weighted by molar-refractivity contribution is 0.0444. The fraction of sp³-hybridized carbons (Fsp3) is 0.105. The van der Waals surface area contributed by atoms with E-state index in [-0.39, 0.29) is 18.3 Å². The summed E-state index contributed by atoms with van der Waals surface area (Å²) >= 11 is 1.18. The van der Waals surface area contributed by atoms with Crippen LogP contribution < -0.4 is 0 Å². The number of esters is 1. The molecule has 4 aromatic rings. The quantitative estimate of drug-likeness (QED) is 0.486. The number of halogens is 1. The summed E-state index contributed by atoms with van der Waals surface area (Å²) in [6, 6.07) is 13.7. The maximum atomic E-state index is 13.2. The molecule has 0 spiro atoms. The lowest BCUT2D eigenvalue weighted by Gasteiger charge is -1.99. The second-order valence-corrected chi connectivity index (χ2v) is 6.82. The molecule has 0 aliphatic rings. The fourth-order valence-corrected chi connectivity index (χ4v) is 3.41. The molecule has 0 aliphatic carbocycles. The number of carbonyl (C=O) groups is 1. The predicted octanol–water partition coefficient (Wildman–Crippen LogP) is 4.76. The molecule has 0 atom stereocenters. The Kier molecular flexibility index (Phi) is 4.22. The number of hydrogen-bond donors (Lipinski definition) is 0. The van der Waals surface area contributed by atoms with Gasteiger partial charge >= 0.3 is 5.97 Å². The average Bonchev–Trinajstić information content (AvgIpc) is 3.27. The van der Waals surface area contributed by atoms with Crippen LogP contribution in [0.5, 0.6) is 0 Å². The molecular formula is C19H13FN2O3S. The first-order valence-corrected chi connectivity index (χ1v) is 8.66. The van der Waals surface area contributed by atoms with Crippen molar-refractivity contribution >= 4 is 27.4 Å². The Balaban J connectivity index is 1.44. The standard InChI is InChI=1S/C19H13FN2O3S/c1-11-2-4-12(5-3-11)18-22-21-17(25-18)10-24-19(23)16-8-13-6-7-14(20)9-15(13)26-16/h2-9H,10H2,1H3. The maximum absolute atomic E-state index is 13.2. The molecule has 0 bridgehead atoms. The third-order valence-electron chi connectivity index (χ3n) is 3.78. The van der Waals surface area contributed by atoms with Crippen molar-refractivity contribution in [2.75, 3.05) is 0 Å². The summed E-state index contributed by atoms with van der Waals surface area (Å²) in [4.78, 5) is 12.6. The van der Waals surface area contributed by atoms with Gasteiger partial charge in [0.1, 0.15) is 10.7 Å². The SMILES string of the molecule is Cc1ccc(-c2nnc(COC(=O)c3cc4ccc(F)cc4s3)o2)cc1. The maximum Gasteiger partial charge on any atom is 0.348 e. The van der Waals surface area contributed by atoms with Crippen molar-refractivity contribution in [1.29, 1.82) is 0 Å². The Morgan fingerprint density at radius 3 is 2.77 bits per heavy atom. The number of benzene rings is 2. The van der Waals surface area contributed by atoms with Gasteiger partial charge in [-0.2, -0.15) is 0 Å². The molecule has 5 nitrogen and oxygen atoms in total. The highest BCUT2D eigenvalue weighted by Gasteiger charge is 2.15. The first kappa shape index (κ1) is 16.4. The number of aromatic nitrogens is 2. The van der Waals surface area contributed by atoms with Crippen LogP contribution in [0.1, 0.15) is 21.1 Å². The van der Waals surface area contributed by atoms with E-state index in [1.807, 2.05) is 31.2 Å². The van der Waals surface area contributed by atoms with E-state index in [1.165, 1.54) is 23.5 Å². The van der Waals surface area contributed by atoms with Gasteiger partial charge in [-0.1, -0.05) is 23.8 Å². The molecule has 0 amide bonds. The number of carbonyl (C=O) groups excluding carboxylic acids is 1. The van der Waals surface area contributed by atoms with Gasteiger partial charge < -0.3 is 9.15 Å². The highest BCUT2D eigenvalue weighted by molar-refractivity contribution is 7.20. The Labute approximate surface area is 152 Å². The summed E-state index contributed by atoms with van der Waals surface area (Å²) in [6.45, 7) is 1.87. The van der Waals surface area contributed by atoms with Crippen LogP contribution in [0, 0.1) is 12.7 Å². The van der Waals surface area contributed by atoms with Crippen LogP contribution in [0.25, 0.3) is 21.5 Å². The van der Waals surface area contributed by atoms with Gasteiger partial charge in [-0.15, -0.1) is 21.5 Å². The number of fused-ring (bicyclic) bond motifs is 1. The van der Waals surface area contributed by atoms with Crippen molar-refractivity contribution in [3.05, 3.63) is 70.7 Å². The van der Waals surface area contributed by atoms with Gasteiger partial charge in [0, 0.05) is 10.3 Å². The average molecular weight is 368 g/mol. The van der Waals surface area contributed by atoms with E-state index in [2.05, 4.69) is 10.2 Å². The molecule has 0 N–H and O–H groups in total. The Morgan fingerprint density at radius 2 is 1.96 bits per heavy atom. The van der Waals surface area contributed by atoms with Crippen molar-refractivity contribution < 1.29 is 18.3 Å². The second-order valence-electron chi connectivity index (χ2n) is 5.74. The van der Waals surface area contributed by atoms with Crippen LogP contribution in [-0.2, 0) is 11.3 Å². The lowest BCUT2D eigenvalue weighted by atomic mass is 10.1. The normalized spacial score (nSPS) is 11.0. The summed E-state index contributed by atoms with van der Waals surface area (Å²) in [5, 5.41) is 8.65. The molecule has 0 aliphatic heterocycles. The molecule has 0 radical (unpaired) electrons. The summed E-state index contributed by atoms with van der Waals surface area (Å²) in [5.74, 6) is -0.273. The molecule has 26 heavy (non-hydrogen) atoms. The summed E-state index contributed by atoms with van der Waals surface area (Å²) in [5.41, 5.74) is 1.93. The summed E-state index contributed by atoms with van der Waals surface area (Å²) in [7, 11) is 0. The van der Waals surface area contributed by atoms with E-state index in [9.17, 15) is 9.18 Å². The van der Waals surface area contributed by atoms with Crippen LogP contribution >= 0.6 is 11.3 Å². The highest BCUT2D eigenvalue weighted by Crippen LogP contribution is 2.27. The molecule has 7 heteroatoms. The van der Waals surface area contributed by atoms with Gasteiger partial charge in [-0.05, 0) is 42.6 Å². The predicted molar refractivity (Wildman–Crippen MR) is 95.4 cm³/mol. The minimum Gasteiger partial charge on any atom is -0.451 e. The molecule has 0 saturated heterocycles. The van der Waals surface area contributed by atoms with Crippen molar-refractivity contribution in [3.8, 4) is 11.5 Å². The smallest absolute Gasteiger partial charge is 0.348 e. The van der Waals surface area contributed by atoms with E-state index in [0.717, 1.165) is 16.5 Å². The van der Waals surface area contributed by atoms with Crippen molar-refractivity contribution in [1.82, 2.24) is 10.2 Å². The molecule has 0 fully saturated rings. The van der Waals surface area contributed by atoms with Crippen LogP contribution in [0.2, 0.25) is 0 Å². The number of nitrogens with zero attached hydrogens (tertiary/aromatic N) is 2. The third-order valence-corrected chi connectivity index (χ3v) is 4.85. The Hall–Kier alpha value is -3.06. The number of hydrogen-bond acceptors (Lipinski definition) is 6. The first-order chi connectivity index (χ1) is 12.6. The van der Waals surface area contributed by atoms with Gasteiger partial charge in [0.25, 0.3) is 5.89 Å². The van der Waals surface area contributed by atoms with Gasteiger partial charge in [-0.3, -0.25) is 0 Å². The first-order valence-electron chi connectivity index (χ1n) is 7.84. The third kappa shape index (κ3) is 3.34. The second kappa shape index (κ2) is 6.68. The molecule has 4 rings (SSSR count). The number of rotatable bonds is 4. The van der Waals surface area contributed by atoms with E-state index in [4.69, 9.17) is 9.15 Å². The lowest BCUT2D eigenvalue weighted by Crippen LogP contribution is -2.03. The Bertz CT molecular complexity index is 1090. The van der Waals surface area contributed by atoms with Crippen LogP contribution in [0.4, 0.5) is 4.39 Å². The van der Waals surface area contributed by atoms with E-state index < -0.39 is 5.97 Å². The number of thiophene rings is 1. The summed E-state index contributed by atoms with van der Waals surface area (Å²) < 4.78 is 24.7. The van der Waals surface area contributed by atoms with E-state index >= 15 is 0 Å². The topological polar surface area (TPSA) is 65.2 Å². The van der Waals surface area contributed by atoms with Crippen LogP contribution in [-0.4, -0.2) is 16.2 Å². The largest absolute Gasteiger partial charge is 0.451 e. The number of aryl methyl sites for hydroxylation is 1. The van der Waals surface area contributed by atoms with Gasteiger partial charge in [0.05, 0.1) is 0 Å². The van der Waals surface area contributed by atoms with Gasteiger partial charge in [0.15, 0.2) is 6.61 Å². The molecule has 2 aromatic heterocycles. The molecular weight excluding hydrogens is 355 g/mol. The minimum atomic E-state index is -0.512. The van der Waals surface area contributed by atoms with E-state index in [1.54, 1.807) is 12.1 Å². The number of ether oxygens (including phenoxy) is 1. The molecule has 0 saturated carbocycles. The minimum absolute atomic E-state index is 0.125. The fourth-order valence-electron chi connectivity index (χ4n) is 2.43. The monoisotopic (exact) mass is 368 g/mol. The molecule has 2 heterocycles. The van der Waals surface area contributed by atoms with E-state index in [0.29, 0.717) is 15.5 Å². The molecule has 130 valence electrons. The van der Waals surface area contributed by atoms with Gasteiger partial charge in [0.2, 0.25) is 5.89 Å². The molecule has 0 unspecified atom stereocenters. The zero-order chi connectivity index (χ0) is 18.1. The Morgan fingerprint density at radius 1 is 1.15 bits per heavy atom. The zero-order valence-corrected chi connectivity index (χ0v) is 14.5. The van der Waals surface area contributed by atoms with Crippen molar-refractivity contribution in [3.63, 3.8) is 0 Å². The van der Waals surface area contributed by atoms with Crippen molar-refractivity contribution in [2.24, 2.45) is 0 Å². The summed E-state index contributed by atoms with van der Waals surface area (Å²) in [6.07, 6.45) is 0. The molecule has 2 aromatic carbocycles. The highest BCUT2D eigenvalue weighted by atomic mass is 32.1. The zero-order valence-electron chi connectivity index (χ0n) is 13.7. The van der Waals surface area contributed by atoms with Crippen LogP contribution in [0.3, 0.4) is 0 Å².